The summed E-state index contributed by atoms with van der Waals surface area (Å²) in [6.45, 7) is 0. The van der Waals surface area contributed by atoms with E-state index in [9.17, 15) is 18.3 Å². The average Bonchev–Trinajstić information content (AvgIpc) is 3.63. The molecule has 34 heavy (non-hydrogen) atoms. The van der Waals surface area contributed by atoms with Gasteiger partial charge in [0.05, 0.1) is 16.1 Å². The van der Waals surface area contributed by atoms with Gasteiger partial charge in [0.1, 0.15) is 5.82 Å². The largest absolute Gasteiger partial charge is 0.493 e. The van der Waals surface area contributed by atoms with E-state index in [0.29, 0.717) is 27.9 Å². The second kappa shape index (κ2) is 8.58. The molecule has 1 fully saturated rings. The molecular formula is C24H19ClN4O4S. The highest BCUT2D eigenvalue weighted by Crippen LogP contribution is 2.48. The van der Waals surface area contributed by atoms with Gasteiger partial charge < -0.3 is 10.4 Å². The number of carbonyl (C=O) groups is 1. The highest BCUT2D eigenvalue weighted by atomic mass is 35.5. The second-order valence-electron chi connectivity index (χ2n) is 8.02. The summed E-state index contributed by atoms with van der Waals surface area (Å²) in [5.74, 6) is -0.219. The molecule has 172 valence electrons. The van der Waals surface area contributed by atoms with Crippen LogP contribution in [0.4, 0.5) is 11.5 Å². The van der Waals surface area contributed by atoms with Gasteiger partial charge >= 0.3 is 0 Å². The fourth-order valence-electron chi connectivity index (χ4n) is 3.87. The Kier molecular flexibility index (Phi) is 5.59. The Balaban J connectivity index is 1.25. The summed E-state index contributed by atoms with van der Waals surface area (Å²) in [7, 11) is -3.76. The van der Waals surface area contributed by atoms with Crippen molar-refractivity contribution in [3.63, 3.8) is 0 Å². The fraction of sp³-hybridized carbons (Fsp3) is 0.125. The number of aromatic hydroxyl groups is 1. The molecule has 0 bridgehead atoms. The summed E-state index contributed by atoms with van der Waals surface area (Å²) in [5.41, 5.74) is 1.46. The third-order valence-electron chi connectivity index (χ3n) is 5.74. The molecular weight excluding hydrogens is 476 g/mol. The molecule has 3 N–H and O–H groups in total. The normalized spacial score (nSPS) is 17.3. The predicted molar refractivity (Wildman–Crippen MR) is 129 cm³/mol. The maximum absolute atomic E-state index is 12.8. The quantitative estimate of drug-likeness (QED) is 0.362. The topological polar surface area (TPSA) is 121 Å². The lowest BCUT2D eigenvalue weighted by Gasteiger charge is -2.09. The molecule has 0 saturated heterocycles. The van der Waals surface area contributed by atoms with E-state index in [2.05, 4.69) is 20.0 Å². The minimum absolute atomic E-state index is 0.0118. The SMILES string of the molecule is O=C(Nc1ccc2c(O)ncc(Cl)c2c1)C1CC1c1ccc(S(=O)(=O)Nc2ccccn2)cc1. The number of nitrogens with one attached hydrogen (secondary N) is 2. The van der Waals surface area contributed by atoms with Crippen molar-refractivity contribution in [1.29, 1.82) is 0 Å². The van der Waals surface area contributed by atoms with Crippen LogP contribution in [0.25, 0.3) is 10.8 Å². The molecule has 2 aromatic heterocycles. The maximum atomic E-state index is 12.8. The summed E-state index contributed by atoms with van der Waals surface area (Å²) in [5, 5.41) is 14.2. The minimum Gasteiger partial charge on any atom is -0.493 e. The van der Waals surface area contributed by atoms with Crippen LogP contribution in [-0.2, 0) is 14.8 Å². The van der Waals surface area contributed by atoms with Gasteiger partial charge in [0.2, 0.25) is 11.8 Å². The Hall–Kier alpha value is -3.69. The molecule has 10 heteroatoms. The van der Waals surface area contributed by atoms with Gasteiger partial charge in [-0.15, -0.1) is 0 Å². The first-order valence-electron chi connectivity index (χ1n) is 10.4. The molecule has 0 aliphatic heterocycles. The highest BCUT2D eigenvalue weighted by molar-refractivity contribution is 7.92. The van der Waals surface area contributed by atoms with Crippen LogP contribution in [0.5, 0.6) is 5.88 Å². The molecule has 1 aliphatic rings. The Morgan fingerprint density at radius 1 is 1.03 bits per heavy atom. The summed E-state index contributed by atoms with van der Waals surface area (Å²) in [4.78, 5) is 20.7. The highest BCUT2D eigenvalue weighted by Gasteiger charge is 2.44. The zero-order valence-corrected chi connectivity index (χ0v) is 19.2. The van der Waals surface area contributed by atoms with E-state index < -0.39 is 10.0 Å². The monoisotopic (exact) mass is 494 g/mol. The standard InChI is InChI=1S/C24H19ClN4O4S/c25-21-13-27-23(30)17-9-6-15(11-19(17)21)28-24(31)20-12-18(20)14-4-7-16(8-5-14)34(32,33)29-22-3-1-2-10-26-22/h1-11,13,18,20H,12H2,(H,26,29)(H,27,30)(H,28,31). The summed E-state index contributed by atoms with van der Waals surface area (Å²) < 4.78 is 27.6. The van der Waals surface area contributed by atoms with Crippen molar-refractivity contribution >= 4 is 49.8 Å². The zero-order chi connectivity index (χ0) is 23.9. The van der Waals surface area contributed by atoms with Gasteiger partial charge in [-0.1, -0.05) is 29.8 Å². The van der Waals surface area contributed by atoms with Crippen LogP contribution in [-0.4, -0.2) is 29.4 Å². The maximum Gasteiger partial charge on any atom is 0.263 e. The third-order valence-corrected chi connectivity index (χ3v) is 7.41. The summed E-state index contributed by atoms with van der Waals surface area (Å²) >= 11 is 6.17. The fourth-order valence-corrected chi connectivity index (χ4v) is 5.09. The van der Waals surface area contributed by atoms with Crippen molar-refractivity contribution in [1.82, 2.24) is 9.97 Å². The minimum atomic E-state index is -3.76. The van der Waals surface area contributed by atoms with Gasteiger partial charge in [0, 0.05) is 28.6 Å². The van der Waals surface area contributed by atoms with Crippen LogP contribution in [0, 0.1) is 5.92 Å². The first-order valence-corrected chi connectivity index (χ1v) is 12.3. The number of pyridine rings is 2. The molecule has 2 heterocycles. The Labute approximate surface area is 200 Å². The number of nitrogens with zero attached hydrogens (tertiary/aromatic N) is 2. The van der Waals surface area contributed by atoms with Crippen LogP contribution in [0.2, 0.25) is 5.02 Å². The van der Waals surface area contributed by atoms with Crippen LogP contribution in [0.3, 0.4) is 0 Å². The van der Waals surface area contributed by atoms with Crippen molar-refractivity contribution in [3.8, 4) is 5.88 Å². The number of benzene rings is 2. The first-order chi connectivity index (χ1) is 16.3. The van der Waals surface area contributed by atoms with Gasteiger partial charge in [-0.25, -0.2) is 18.4 Å². The molecule has 2 aromatic carbocycles. The van der Waals surface area contributed by atoms with Crippen molar-refractivity contribution in [2.45, 2.75) is 17.2 Å². The lowest BCUT2D eigenvalue weighted by atomic mass is 10.1. The van der Waals surface area contributed by atoms with Gasteiger partial charge in [-0.3, -0.25) is 9.52 Å². The smallest absolute Gasteiger partial charge is 0.263 e. The lowest BCUT2D eigenvalue weighted by Crippen LogP contribution is -2.15. The molecule has 1 saturated carbocycles. The molecule has 1 amide bonds. The van der Waals surface area contributed by atoms with E-state index in [1.807, 2.05) is 0 Å². The van der Waals surface area contributed by atoms with Crippen LogP contribution in [0.15, 0.2) is 78.0 Å². The number of anilines is 2. The van der Waals surface area contributed by atoms with Crippen LogP contribution < -0.4 is 10.0 Å². The first kappa shape index (κ1) is 22.1. The lowest BCUT2D eigenvalue weighted by molar-refractivity contribution is -0.117. The van der Waals surface area contributed by atoms with Crippen molar-refractivity contribution in [2.24, 2.45) is 5.92 Å². The molecule has 1 aliphatic carbocycles. The molecule has 5 rings (SSSR count). The van der Waals surface area contributed by atoms with Crippen molar-refractivity contribution in [2.75, 3.05) is 10.0 Å². The number of rotatable bonds is 6. The zero-order valence-electron chi connectivity index (χ0n) is 17.6. The van der Waals surface area contributed by atoms with Crippen LogP contribution in [0.1, 0.15) is 17.9 Å². The van der Waals surface area contributed by atoms with E-state index in [1.54, 1.807) is 48.5 Å². The molecule has 8 nitrogen and oxygen atoms in total. The van der Waals surface area contributed by atoms with Gasteiger partial charge in [-0.2, -0.15) is 0 Å². The van der Waals surface area contributed by atoms with Crippen molar-refractivity contribution < 1.29 is 18.3 Å². The third kappa shape index (κ3) is 4.40. The number of amides is 1. The number of sulfonamides is 1. The number of fused-ring (bicyclic) bond motifs is 1. The number of hydrogen-bond donors (Lipinski definition) is 3. The second-order valence-corrected chi connectivity index (χ2v) is 10.1. The van der Waals surface area contributed by atoms with Crippen molar-refractivity contribution in [3.05, 3.63) is 83.6 Å². The predicted octanol–water partition coefficient (Wildman–Crippen LogP) is 4.53. The number of hydrogen-bond acceptors (Lipinski definition) is 6. The molecule has 4 aromatic rings. The van der Waals surface area contributed by atoms with E-state index in [1.165, 1.54) is 24.5 Å². The Morgan fingerprint density at radius 3 is 2.56 bits per heavy atom. The molecule has 0 radical (unpaired) electrons. The molecule has 0 spiro atoms. The van der Waals surface area contributed by atoms with E-state index in [4.69, 9.17) is 11.6 Å². The summed E-state index contributed by atoms with van der Waals surface area (Å²) in [6.07, 6.45) is 3.54. The summed E-state index contributed by atoms with van der Waals surface area (Å²) in [6, 6.07) is 16.5. The van der Waals surface area contributed by atoms with Gasteiger partial charge in [-0.05, 0) is 60.4 Å². The van der Waals surface area contributed by atoms with Crippen LogP contribution >= 0.6 is 11.6 Å². The van der Waals surface area contributed by atoms with Gasteiger partial charge in [0.25, 0.3) is 10.0 Å². The molecule has 2 atom stereocenters. The molecule has 2 unspecified atom stereocenters. The average molecular weight is 495 g/mol. The number of aromatic nitrogens is 2. The van der Waals surface area contributed by atoms with E-state index in [-0.39, 0.29) is 34.3 Å². The Morgan fingerprint density at radius 2 is 1.82 bits per heavy atom. The van der Waals surface area contributed by atoms with E-state index in [0.717, 1.165) is 5.56 Å². The Bertz CT molecular complexity index is 1500. The number of halogens is 1. The van der Waals surface area contributed by atoms with Gasteiger partial charge in [0.15, 0.2) is 0 Å². The number of carbonyl (C=O) groups excluding carboxylic acids is 1. The van der Waals surface area contributed by atoms with E-state index >= 15 is 0 Å².